The molecule has 1 aliphatic heterocycles. The molecule has 0 saturated carbocycles. The first-order chi connectivity index (χ1) is 17.8. The molecular weight excluding hydrogens is 601 g/mol. The molecule has 3 atom stereocenters. The van der Waals surface area contributed by atoms with Crippen LogP contribution in [0, 0.1) is 0 Å². The molecule has 0 spiro atoms. The first kappa shape index (κ1) is 27.8. The van der Waals surface area contributed by atoms with Gasteiger partial charge in [0.25, 0.3) is 0 Å². The SMILES string of the molecule is CCCCP1C2=Cc3c(cccc3[CH]2[Zr+2][CH]2C=Cc3c(-c4ccccc4)cccc32)-c2ccccc21.[Cl-].[Cl-]. The van der Waals surface area contributed by atoms with Gasteiger partial charge in [0.1, 0.15) is 0 Å². The third kappa shape index (κ3) is 4.65. The Morgan fingerprint density at radius 2 is 1.42 bits per heavy atom. The Morgan fingerprint density at radius 3 is 2.24 bits per heavy atom. The molecule has 3 unspecified atom stereocenters. The summed E-state index contributed by atoms with van der Waals surface area (Å²) in [7, 11) is -0.273. The van der Waals surface area contributed by atoms with E-state index in [1.54, 1.807) is 21.7 Å². The maximum absolute atomic E-state index is 2.65. The number of fused-ring (bicyclic) bond motifs is 3. The molecule has 0 nitrogen and oxygen atoms in total. The zero-order valence-electron chi connectivity index (χ0n) is 21.4. The Morgan fingerprint density at radius 1 is 0.711 bits per heavy atom. The maximum atomic E-state index is 2.65. The molecule has 1 heterocycles. The van der Waals surface area contributed by atoms with E-state index < -0.39 is 23.2 Å². The predicted octanol–water partition coefficient (Wildman–Crippen LogP) is 3.20. The molecule has 0 aromatic heterocycles. The van der Waals surface area contributed by atoms with Crippen LogP contribution >= 0.6 is 7.92 Å². The monoisotopic (exact) mass is 628 g/mol. The van der Waals surface area contributed by atoms with E-state index in [4.69, 9.17) is 0 Å². The van der Waals surface area contributed by atoms with Crippen molar-refractivity contribution in [3.8, 4) is 22.3 Å². The minimum atomic E-state index is -0.853. The fraction of sp³-hybridized carbons (Fsp3) is 0.176. The van der Waals surface area contributed by atoms with Gasteiger partial charge in [0.15, 0.2) is 0 Å². The number of allylic oxidation sites excluding steroid dienone is 2. The maximum Gasteiger partial charge on any atom is -1.00 e. The summed E-state index contributed by atoms with van der Waals surface area (Å²) < 4.78 is 1.31. The topological polar surface area (TPSA) is 0 Å². The number of benzene rings is 4. The third-order valence-electron chi connectivity index (χ3n) is 7.93. The largest absolute Gasteiger partial charge is 1.00 e. The molecule has 3 aliphatic rings. The van der Waals surface area contributed by atoms with Crippen LogP contribution in [0.15, 0.2) is 102 Å². The smallest absolute Gasteiger partial charge is 1.00 e. The Bertz CT molecular complexity index is 1530. The number of rotatable bonds is 6. The zero-order valence-corrected chi connectivity index (χ0v) is 26.2. The van der Waals surface area contributed by atoms with Gasteiger partial charge < -0.3 is 24.8 Å². The van der Waals surface area contributed by atoms with Crippen molar-refractivity contribution in [1.82, 2.24) is 0 Å². The molecule has 2 bridgehead atoms. The van der Waals surface area contributed by atoms with E-state index in [1.807, 2.05) is 0 Å². The summed E-state index contributed by atoms with van der Waals surface area (Å²) >= 11 is -0.853. The summed E-state index contributed by atoms with van der Waals surface area (Å²) in [5.41, 5.74) is 11.9. The molecule has 38 heavy (non-hydrogen) atoms. The minimum Gasteiger partial charge on any atom is -1.00 e. The van der Waals surface area contributed by atoms with Crippen molar-refractivity contribution in [3.63, 3.8) is 0 Å². The van der Waals surface area contributed by atoms with E-state index >= 15 is 0 Å². The van der Waals surface area contributed by atoms with Gasteiger partial charge in [0.2, 0.25) is 0 Å². The van der Waals surface area contributed by atoms with Crippen LogP contribution in [0.3, 0.4) is 0 Å². The quantitative estimate of drug-likeness (QED) is 0.288. The fourth-order valence-corrected chi connectivity index (χ4v) is 14.8. The van der Waals surface area contributed by atoms with Crippen molar-refractivity contribution in [1.29, 1.82) is 0 Å². The molecule has 188 valence electrons. The number of hydrogen-bond acceptors (Lipinski definition) is 0. The van der Waals surface area contributed by atoms with E-state index in [0.717, 1.165) is 0 Å². The fourth-order valence-electron chi connectivity index (χ4n) is 6.20. The molecule has 0 N–H and O–H groups in total. The van der Waals surface area contributed by atoms with Crippen molar-refractivity contribution in [2.24, 2.45) is 0 Å². The number of unbranched alkanes of at least 4 members (excludes halogenated alkanes) is 1. The molecule has 0 saturated heterocycles. The van der Waals surface area contributed by atoms with Crippen molar-refractivity contribution in [3.05, 3.63) is 125 Å². The Hall–Kier alpha value is -1.75. The van der Waals surface area contributed by atoms with Gasteiger partial charge in [-0.15, -0.1) is 0 Å². The Labute approximate surface area is 251 Å². The normalized spacial score (nSPS) is 19.3. The summed E-state index contributed by atoms with van der Waals surface area (Å²) in [5.74, 6) is 0. The van der Waals surface area contributed by atoms with Gasteiger partial charge in [-0.25, -0.2) is 0 Å². The van der Waals surface area contributed by atoms with Crippen LogP contribution in [0.1, 0.15) is 49.3 Å². The second kappa shape index (κ2) is 11.8. The van der Waals surface area contributed by atoms with E-state index in [2.05, 4.69) is 116 Å². The summed E-state index contributed by atoms with van der Waals surface area (Å²) in [5, 5.41) is 3.42. The van der Waals surface area contributed by atoms with E-state index in [-0.39, 0.29) is 32.7 Å². The standard InChI is InChI=1S/C19H18P.C15H11.2ClH.Zr/c1-2-3-11-20-15-12-14-7-6-9-16(18(14)13-15)17-8-4-5-10-19(17)20;1-2-6-12(7-3-1)14-10-4-8-13-9-5-11-15(13)14;;;/h4-10,12-13H,2-3,11H2,1H3;1-11H;2*1H;/q;;;;+2/p-2. The van der Waals surface area contributed by atoms with Crippen LogP contribution in [-0.4, -0.2) is 6.16 Å². The average molecular weight is 631 g/mol. The molecule has 0 radical (unpaired) electrons. The van der Waals surface area contributed by atoms with Crippen molar-refractivity contribution < 1.29 is 48.0 Å². The van der Waals surface area contributed by atoms with Crippen LogP contribution in [0.2, 0.25) is 0 Å². The van der Waals surface area contributed by atoms with E-state index in [9.17, 15) is 0 Å². The van der Waals surface area contributed by atoms with E-state index in [1.165, 1.54) is 52.4 Å². The van der Waals surface area contributed by atoms with Crippen molar-refractivity contribution in [2.75, 3.05) is 6.16 Å². The minimum absolute atomic E-state index is 0. The summed E-state index contributed by atoms with van der Waals surface area (Å²) in [6.07, 6.45) is 11.6. The van der Waals surface area contributed by atoms with Crippen LogP contribution in [-0.2, 0) is 23.2 Å². The first-order valence-electron chi connectivity index (χ1n) is 13.2. The van der Waals surface area contributed by atoms with Crippen LogP contribution < -0.4 is 30.1 Å². The second-order valence-electron chi connectivity index (χ2n) is 10.0. The summed E-state index contributed by atoms with van der Waals surface area (Å²) in [6.45, 7) is 2.34. The molecular formula is C34H29Cl2PZr. The Balaban J connectivity index is 0.00000147. The van der Waals surface area contributed by atoms with Gasteiger partial charge in [-0.05, 0) is 0 Å². The third-order valence-corrected chi connectivity index (χ3v) is 15.7. The van der Waals surface area contributed by atoms with Gasteiger partial charge in [0, 0.05) is 0 Å². The van der Waals surface area contributed by atoms with Crippen molar-refractivity contribution in [2.45, 2.75) is 27.0 Å². The molecule has 4 aromatic carbocycles. The molecule has 2 aliphatic carbocycles. The van der Waals surface area contributed by atoms with Gasteiger partial charge in [0.05, 0.1) is 0 Å². The molecule has 0 amide bonds. The number of hydrogen-bond donors (Lipinski definition) is 0. The predicted molar refractivity (Wildman–Crippen MR) is 153 cm³/mol. The van der Waals surface area contributed by atoms with E-state index in [0.29, 0.717) is 7.25 Å². The molecule has 4 heteroatoms. The number of halogens is 2. The van der Waals surface area contributed by atoms with Gasteiger partial charge in [-0.3, -0.25) is 0 Å². The first-order valence-corrected chi connectivity index (χ1v) is 17.5. The molecule has 0 fully saturated rings. The average Bonchev–Trinajstić information content (AvgIpc) is 3.47. The van der Waals surface area contributed by atoms with Crippen LogP contribution in [0.25, 0.3) is 34.4 Å². The summed E-state index contributed by atoms with van der Waals surface area (Å²) in [6, 6.07) is 34.4. The van der Waals surface area contributed by atoms with Gasteiger partial charge in [-0.1, -0.05) is 0 Å². The van der Waals surface area contributed by atoms with Crippen molar-refractivity contribution >= 4 is 25.4 Å². The van der Waals surface area contributed by atoms with Gasteiger partial charge in [-0.2, -0.15) is 0 Å². The van der Waals surface area contributed by atoms with Crippen LogP contribution in [0.5, 0.6) is 0 Å². The Kier molecular flexibility index (Phi) is 8.62. The van der Waals surface area contributed by atoms with Gasteiger partial charge >= 0.3 is 229 Å². The molecule has 7 rings (SSSR count). The van der Waals surface area contributed by atoms with Crippen LogP contribution in [0.4, 0.5) is 0 Å². The molecule has 4 aromatic rings. The zero-order chi connectivity index (χ0) is 24.1. The second-order valence-corrected chi connectivity index (χ2v) is 16.1. The summed E-state index contributed by atoms with van der Waals surface area (Å²) in [4.78, 5) is 0.